The summed E-state index contributed by atoms with van der Waals surface area (Å²) in [6, 6.07) is 2.78. The minimum absolute atomic E-state index is 0.684. The molecule has 0 spiro atoms. The molecule has 3 heteroatoms. The fraction of sp³-hybridized carbons (Fsp3) is 0.769. The summed E-state index contributed by atoms with van der Waals surface area (Å²) in [6.45, 7) is 5.55. The van der Waals surface area contributed by atoms with E-state index >= 15 is 0 Å². The third-order valence-corrected chi connectivity index (χ3v) is 2.98. The monoisotopic (exact) mass is 223 g/mol. The molecule has 92 valence electrons. The third-order valence-electron chi connectivity index (χ3n) is 2.98. The predicted octanol–water partition coefficient (Wildman–Crippen LogP) is 2.52. The number of hydrogen-bond donors (Lipinski definition) is 1. The van der Waals surface area contributed by atoms with Crippen molar-refractivity contribution in [3.8, 4) is 0 Å². The molecule has 0 bridgehead atoms. The van der Waals surface area contributed by atoms with E-state index in [1.165, 1.54) is 31.4 Å². The van der Waals surface area contributed by atoms with Crippen LogP contribution in [0.2, 0.25) is 0 Å². The van der Waals surface area contributed by atoms with E-state index in [2.05, 4.69) is 30.3 Å². The normalized spacial score (nSPS) is 12.9. The quantitative estimate of drug-likeness (QED) is 0.734. The first-order chi connectivity index (χ1) is 7.76. The highest BCUT2D eigenvalue weighted by atomic mass is 15.2. The lowest BCUT2D eigenvalue weighted by molar-refractivity contribution is 0.454. The number of hydrogen-bond acceptors (Lipinski definition) is 2. The molecular formula is C13H25N3. The Bertz CT molecular complexity index is 280. The zero-order chi connectivity index (χ0) is 11.8. The minimum Gasteiger partial charge on any atom is -0.314 e. The SMILES string of the molecule is CCCCC(CC)NCCc1ccn(C)n1. The van der Waals surface area contributed by atoms with Crippen LogP contribution >= 0.6 is 0 Å². The predicted molar refractivity (Wildman–Crippen MR) is 68.5 cm³/mol. The Morgan fingerprint density at radius 1 is 1.44 bits per heavy atom. The molecule has 0 aliphatic rings. The molecule has 0 radical (unpaired) electrons. The van der Waals surface area contributed by atoms with Crippen LogP contribution in [0.1, 0.15) is 45.2 Å². The van der Waals surface area contributed by atoms with Crippen LogP contribution in [-0.2, 0) is 13.5 Å². The lowest BCUT2D eigenvalue weighted by Crippen LogP contribution is -2.30. The molecule has 0 aliphatic carbocycles. The average Bonchev–Trinajstić information content (AvgIpc) is 2.69. The highest BCUT2D eigenvalue weighted by Gasteiger charge is 2.04. The third kappa shape index (κ3) is 4.79. The van der Waals surface area contributed by atoms with Crippen LogP contribution in [-0.4, -0.2) is 22.4 Å². The molecule has 0 fully saturated rings. The largest absolute Gasteiger partial charge is 0.314 e. The Hall–Kier alpha value is -0.830. The summed E-state index contributed by atoms with van der Waals surface area (Å²) in [6.07, 6.45) is 8.18. The number of nitrogens with zero attached hydrogens (tertiary/aromatic N) is 2. The molecular weight excluding hydrogens is 198 g/mol. The summed E-state index contributed by atoms with van der Waals surface area (Å²) in [5, 5.41) is 7.98. The van der Waals surface area contributed by atoms with Gasteiger partial charge in [0.15, 0.2) is 0 Å². The molecule has 1 heterocycles. The highest BCUT2D eigenvalue weighted by Crippen LogP contribution is 2.04. The molecule has 1 aromatic rings. The van der Waals surface area contributed by atoms with E-state index in [9.17, 15) is 0 Å². The minimum atomic E-state index is 0.684. The van der Waals surface area contributed by atoms with Gasteiger partial charge in [-0.05, 0) is 18.9 Å². The Balaban J connectivity index is 2.17. The van der Waals surface area contributed by atoms with E-state index in [4.69, 9.17) is 0 Å². The van der Waals surface area contributed by atoms with E-state index in [0.717, 1.165) is 13.0 Å². The van der Waals surface area contributed by atoms with Gasteiger partial charge in [0.1, 0.15) is 0 Å². The molecule has 0 aliphatic heterocycles. The van der Waals surface area contributed by atoms with Crippen molar-refractivity contribution in [1.82, 2.24) is 15.1 Å². The van der Waals surface area contributed by atoms with Crippen LogP contribution < -0.4 is 5.32 Å². The highest BCUT2D eigenvalue weighted by molar-refractivity contribution is 4.99. The smallest absolute Gasteiger partial charge is 0.0637 e. The maximum absolute atomic E-state index is 4.37. The summed E-state index contributed by atoms with van der Waals surface area (Å²) in [5.74, 6) is 0. The summed E-state index contributed by atoms with van der Waals surface area (Å²) >= 11 is 0. The van der Waals surface area contributed by atoms with Gasteiger partial charge >= 0.3 is 0 Å². The summed E-state index contributed by atoms with van der Waals surface area (Å²) in [4.78, 5) is 0. The lowest BCUT2D eigenvalue weighted by Gasteiger charge is -2.15. The van der Waals surface area contributed by atoms with Crippen molar-refractivity contribution in [3.63, 3.8) is 0 Å². The topological polar surface area (TPSA) is 29.9 Å². The van der Waals surface area contributed by atoms with Gasteiger partial charge in [0.2, 0.25) is 0 Å². The van der Waals surface area contributed by atoms with Gasteiger partial charge in [-0.2, -0.15) is 5.10 Å². The summed E-state index contributed by atoms with van der Waals surface area (Å²) in [5.41, 5.74) is 1.18. The van der Waals surface area contributed by atoms with E-state index in [1.807, 2.05) is 17.9 Å². The molecule has 0 saturated heterocycles. The van der Waals surface area contributed by atoms with Crippen molar-refractivity contribution in [2.45, 2.75) is 52.0 Å². The van der Waals surface area contributed by atoms with Gasteiger partial charge < -0.3 is 5.32 Å². The van der Waals surface area contributed by atoms with Gasteiger partial charge in [-0.15, -0.1) is 0 Å². The van der Waals surface area contributed by atoms with Gasteiger partial charge in [0.25, 0.3) is 0 Å². The second-order valence-corrected chi connectivity index (χ2v) is 4.43. The second-order valence-electron chi connectivity index (χ2n) is 4.43. The number of rotatable bonds is 8. The molecule has 0 saturated carbocycles. The van der Waals surface area contributed by atoms with E-state index in [1.54, 1.807) is 0 Å². The van der Waals surface area contributed by atoms with Crippen LogP contribution in [0.5, 0.6) is 0 Å². The number of unbranched alkanes of at least 4 members (excludes halogenated alkanes) is 1. The standard InChI is InChI=1S/C13H25N3/c1-4-6-7-12(5-2)14-10-8-13-9-11-16(3)15-13/h9,11-12,14H,4-8,10H2,1-3H3. The molecule has 16 heavy (non-hydrogen) atoms. The van der Waals surface area contributed by atoms with Gasteiger partial charge in [0, 0.05) is 32.3 Å². The molecule has 1 rings (SSSR count). The number of nitrogens with one attached hydrogen (secondary N) is 1. The molecule has 1 N–H and O–H groups in total. The lowest BCUT2D eigenvalue weighted by atomic mass is 10.1. The molecule has 0 aromatic carbocycles. The van der Waals surface area contributed by atoms with Gasteiger partial charge in [-0.25, -0.2) is 0 Å². The van der Waals surface area contributed by atoms with Crippen molar-refractivity contribution in [3.05, 3.63) is 18.0 Å². The van der Waals surface area contributed by atoms with E-state index in [0.29, 0.717) is 6.04 Å². The fourth-order valence-electron chi connectivity index (χ4n) is 1.90. The molecule has 1 aromatic heterocycles. The summed E-state index contributed by atoms with van der Waals surface area (Å²) in [7, 11) is 1.97. The van der Waals surface area contributed by atoms with Crippen LogP contribution in [0.4, 0.5) is 0 Å². The molecule has 1 atom stereocenters. The first-order valence-electron chi connectivity index (χ1n) is 6.48. The first kappa shape index (κ1) is 13.2. The molecule has 1 unspecified atom stereocenters. The zero-order valence-corrected chi connectivity index (χ0v) is 10.9. The van der Waals surface area contributed by atoms with Gasteiger partial charge in [-0.1, -0.05) is 26.7 Å². The van der Waals surface area contributed by atoms with Gasteiger partial charge in [-0.3, -0.25) is 4.68 Å². The summed E-state index contributed by atoms with van der Waals surface area (Å²) < 4.78 is 1.86. The van der Waals surface area contributed by atoms with Gasteiger partial charge in [0.05, 0.1) is 5.69 Å². The molecule has 3 nitrogen and oxygen atoms in total. The fourth-order valence-corrected chi connectivity index (χ4v) is 1.90. The average molecular weight is 223 g/mol. The maximum Gasteiger partial charge on any atom is 0.0637 e. The Kier molecular flexibility index (Phi) is 6.16. The van der Waals surface area contributed by atoms with E-state index in [-0.39, 0.29) is 0 Å². The van der Waals surface area contributed by atoms with Crippen LogP contribution in [0.15, 0.2) is 12.3 Å². The second kappa shape index (κ2) is 7.44. The Labute approximate surface area is 99.2 Å². The zero-order valence-electron chi connectivity index (χ0n) is 10.9. The van der Waals surface area contributed by atoms with Crippen LogP contribution in [0.25, 0.3) is 0 Å². The van der Waals surface area contributed by atoms with E-state index < -0.39 is 0 Å². The number of aryl methyl sites for hydroxylation is 1. The Morgan fingerprint density at radius 3 is 2.81 bits per heavy atom. The number of aromatic nitrogens is 2. The van der Waals surface area contributed by atoms with Crippen molar-refractivity contribution >= 4 is 0 Å². The first-order valence-corrected chi connectivity index (χ1v) is 6.48. The Morgan fingerprint density at radius 2 is 2.25 bits per heavy atom. The maximum atomic E-state index is 4.37. The van der Waals surface area contributed by atoms with Crippen molar-refractivity contribution in [2.24, 2.45) is 7.05 Å². The van der Waals surface area contributed by atoms with Crippen molar-refractivity contribution in [1.29, 1.82) is 0 Å². The van der Waals surface area contributed by atoms with Crippen molar-refractivity contribution in [2.75, 3.05) is 6.54 Å². The van der Waals surface area contributed by atoms with Crippen LogP contribution in [0, 0.1) is 0 Å². The van der Waals surface area contributed by atoms with Crippen LogP contribution in [0.3, 0.4) is 0 Å². The molecule has 0 amide bonds. The van der Waals surface area contributed by atoms with Crippen molar-refractivity contribution < 1.29 is 0 Å².